The van der Waals surface area contributed by atoms with Gasteiger partial charge >= 0.3 is 0 Å². The lowest BCUT2D eigenvalue weighted by Gasteiger charge is -2.04. The third kappa shape index (κ3) is 1.87. The number of aryl methyl sites for hydroxylation is 1. The number of anilines is 1. The number of nitrogens with zero attached hydrogens (tertiary/aromatic N) is 2. The smallest absolute Gasteiger partial charge is 0.129 e. The van der Waals surface area contributed by atoms with Gasteiger partial charge in [-0.3, -0.25) is 4.98 Å². The van der Waals surface area contributed by atoms with E-state index >= 15 is 0 Å². The fourth-order valence-electron chi connectivity index (χ4n) is 2.14. The van der Waals surface area contributed by atoms with Crippen LogP contribution >= 0.6 is 11.3 Å². The van der Waals surface area contributed by atoms with Crippen LogP contribution in [0.5, 0.6) is 0 Å². The molecule has 0 spiro atoms. The number of hydrogen-bond acceptors (Lipinski definition) is 5. The summed E-state index contributed by atoms with van der Waals surface area (Å²) in [6.07, 6.45) is 5.07. The highest BCUT2D eigenvalue weighted by Crippen LogP contribution is 2.45. The number of nitrogen functional groups attached to an aromatic ring is 1. The highest BCUT2D eigenvalue weighted by atomic mass is 32.1. The van der Waals surface area contributed by atoms with Crippen molar-refractivity contribution in [3.05, 3.63) is 47.5 Å². The maximum atomic E-state index is 9.21. The molecule has 0 saturated heterocycles. The van der Waals surface area contributed by atoms with Crippen LogP contribution < -0.4 is 5.73 Å². The van der Waals surface area contributed by atoms with Gasteiger partial charge in [-0.1, -0.05) is 0 Å². The zero-order chi connectivity index (χ0) is 14.1. The van der Waals surface area contributed by atoms with Crippen LogP contribution in [0.25, 0.3) is 21.6 Å². The van der Waals surface area contributed by atoms with Gasteiger partial charge in [0.25, 0.3) is 0 Å². The van der Waals surface area contributed by atoms with E-state index in [0.717, 1.165) is 27.3 Å². The molecule has 0 amide bonds. The number of furan rings is 1. The van der Waals surface area contributed by atoms with E-state index in [4.69, 9.17) is 10.2 Å². The number of nitrogens with two attached hydrogens (primary N) is 1. The van der Waals surface area contributed by atoms with Gasteiger partial charge in [-0.15, -0.1) is 11.3 Å². The van der Waals surface area contributed by atoms with E-state index in [-0.39, 0.29) is 0 Å². The highest BCUT2D eigenvalue weighted by Gasteiger charge is 2.20. The number of nitriles is 1. The van der Waals surface area contributed by atoms with Crippen molar-refractivity contribution in [2.45, 2.75) is 6.92 Å². The third-order valence-electron chi connectivity index (χ3n) is 3.12. The molecule has 2 N–H and O–H groups in total. The Morgan fingerprint density at radius 2 is 2.05 bits per heavy atom. The molecular formula is C15H11N3OS. The standard InChI is InChI=1S/C15H11N3OS/c1-9-11(4-7-19-9)15-13(10-2-5-18-6-3-10)14(17)12(8-16)20-15/h2-7H,17H2,1H3. The van der Waals surface area contributed by atoms with Crippen LogP contribution in [0.2, 0.25) is 0 Å². The Morgan fingerprint density at radius 1 is 1.30 bits per heavy atom. The van der Waals surface area contributed by atoms with E-state index in [2.05, 4.69) is 11.1 Å². The SMILES string of the molecule is Cc1occc1-c1sc(C#N)c(N)c1-c1ccncc1. The maximum absolute atomic E-state index is 9.21. The minimum atomic E-state index is 0.513. The summed E-state index contributed by atoms with van der Waals surface area (Å²) in [5.41, 5.74) is 9.44. The van der Waals surface area contributed by atoms with Crippen molar-refractivity contribution in [1.29, 1.82) is 5.26 Å². The number of rotatable bonds is 2. The lowest BCUT2D eigenvalue weighted by molar-refractivity contribution is 0.535. The van der Waals surface area contributed by atoms with Crippen molar-refractivity contribution >= 4 is 17.0 Å². The summed E-state index contributed by atoms with van der Waals surface area (Å²) in [6, 6.07) is 7.82. The Balaban J connectivity index is 2.31. The molecule has 0 aliphatic rings. The van der Waals surface area contributed by atoms with Crippen LogP contribution in [-0.4, -0.2) is 4.98 Å². The average molecular weight is 281 g/mol. The van der Waals surface area contributed by atoms with Gasteiger partial charge in [-0.25, -0.2) is 0 Å². The fourth-order valence-corrected chi connectivity index (χ4v) is 3.26. The van der Waals surface area contributed by atoms with Crippen molar-refractivity contribution in [3.63, 3.8) is 0 Å². The van der Waals surface area contributed by atoms with Gasteiger partial charge in [0.1, 0.15) is 16.7 Å². The largest absolute Gasteiger partial charge is 0.469 e. The second kappa shape index (κ2) is 4.83. The summed E-state index contributed by atoms with van der Waals surface area (Å²) in [4.78, 5) is 5.49. The van der Waals surface area contributed by atoms with Crippen LogP contribution in [-0.2, 0) is 0 Å². The highest BCUT2D eigenvalue weighted by molar-refractivity contribution is 7.17. The Morgan fingerprint density at radius 3 is 2.65 bits per heavy atom. The average Bonchev–Trinajstić information content (AvgIpc) is 3.03. The summed E-state index contributed by atoms with van der Waals surface area (Å²) in [7, 11) is 0. The molecule has 0 aromatic carbocycles. The number of hydrogen-bond donors (Lipinski definition) is 1. The minimum Gasteiger partial charge on any atom is -0.469 e. The summed E-state index contributed by atoms with van der Waals surface area (Å²) in [5, 5.41) is 9.21. The number of aromatic nitrogens is 1. The summed E-state index contributed by atoms with van der Waals surface area (Å²) >= 11 is 1.39. The fraction of sp³-hybridized carbons (Fsp3) is 0.0667. The number of pyridine rings is 1. The molecular weight excluding hydrogens is 270 g/mol. The van der Waals surface area contributed by atoms with Gasteiger partial charge in [0, 0.05) is 28.4 Å². The minimum absolute atomic E-state index is 0.513. The molecule has 98 valence electrons. The van der Waals surface area contributed by atoms with Gasteiger partial charge in [0.15, 0.2) is 0 Å². The molecule has 0 fully saturated rings. The quantitative estimate of drug-likeness (QED) is 0.774. The predicted molar refractivity (Wildman–Crippen MR) is 79.1 cm³/mol. The Kier molecular flexibility index (Phi) is 3.01. The molecule has 0 atom stereocenters. The molecule has 3 heterocycles. The number of thiophene rings is 1. The maximum Gasteiger partial charge on any atom is 0.129 e. The summed E-state index contributed by atoms with van der Waals surface area (Å²) < 4.78 is 5.36. The van der Waals surface area contributed by atoms with Crippen LogP contribution in [0.3, 0.4) is 0 Å². The molecule has 5 heteroatoms. The van der Waals surface area contributed by atoms with Crippen molar-refractivity contribution in [3.8, 4) is 27.6 Å². The molecule has 3 aromatic heterocycles. The lowest BCUT2D eigenvalue weighted by atomic mass is 10.0. The van der Waals surface area contributed by atoms with E-state index < -0.39 is 0 Å². The van der Waals surface area contributed by atoms with Crippen LogP contribution in [0.4, 0.5) is 5.69 Å². The molecule has 0 aliphatic heterocycles. The molecule has 4 nitrogen and oxygen atoms in total. The van der Waals surface area contributed by atoms with E-state index in [1.807, 2.05) is 25.1 Å². The molecule has 0 aliphatic carbocycles. The van der Waals surface area contributed by atoms with Crippen LogP contribution in [0, 0.1) is 18.3 Å². The zero-order valence-electron chi connectivity index (χ0n) is 10.8. The van der Waals surface area contributed by atoms with Crippen LogP contribution in [0.1, 0.15) is 10.6 Å². The topological polar surface area (TPSA) is 75.8 Å². The van der Waals surface area contributed by atoms with Crippen LogP contribution in [0.15, 0.2) is 41.3 Å². The van der Waals surface area contributed by atoms with Crippen molar-refractivity contribution in [2.24, 2.45) is 0 Å². The summed E-state index contributed by atoms with van der Waals surface area (Å²) in [5.74, 6) is 0.811. The van der Waals surface area contributed by atoms with Gasteiger partial charge in [0.05, 0.1) is 12.0 Å². The lowest BCUT2D eigenvalue weighted by Crippen LogP contribution is -1.89. The Bertz CT molecular complexity index is 796. The Hall–Kier alpha value is -2.58. The second-order valence-corrected chi connectivity index (χ2v) is 5.31. The second-order valence-electron chi connectivity index (χ2n) is 4.29. The molecule has 0 saturated carbocycles. The zero-order valence-corrected chi connectivity index (χ0v) is 11.6. The Labute approximate surface area is 120 Å². The van der Waals surface area contributed by atoms with E-state index in [0.29, 0.717) is 10.6 Å². The van der Waals surface area contributed by atoms with Crippen molar-refractivity contribution in [1.82, 2.24) is 4.98 Å². The van der Waals surface area contributed by atoms with Crippen molar-refractivity contribution < 1.29 is 4.42 Å². The van der Waals surface area contributed by atoms with Gasteiger partial charge in [-0.2, -0.15) is 5.26 Å². The van der Waals surface area contributed by atoms with E-state index in [1.165, 1.54) is 11.3 Å². The molecule has 0 radical (unpaired) electrons. The van der Waals surface area contributed by atoms with E-state index in [9.17, 15) is 5.26 Å². The van der Waals surface area contributed by atoms with Crippen molar-refractivity contribution in [2.75, 3.05) is 5.73 Å². The van der Waals surface area contributed by atoms with Gasteiger partial charge in [-0.05, 0) is 30.7 Å². The first-order valence-electron chi connectivity index (χ1n) is 5.99. The van der Waals surface area contributed by atoms with E-state index in [1.54, 1.807) is 18.7 Å². The first kappa shape index (κ1) is 12.5. The van der Waals surface area contributed by atoms with Gasteiger partial charge < -0.3 is 10.2 Å². The molecule has 20 heavy (non-hydrogen) atoms. The predicted octanol–water partition coefficient (Wildman–Crippen LogP) is 3.83. The molecule has 3 aromatic rings. The molecule has 0 unspecified atom stereocenters. The monoisotopic (exact) mass is 281 g/mol. The van der Waals surface area contributed by atoms with Gasteiger partial charge in [0.2, 0.25) is 0 Å². The first-order valence-corrected chi connectivity index (χ1v) is 6.81. The first-order chi connectivity index (χ1) is 9.72. The molecule has 0 bridgehead atoms. The normalized spacial score (nSPS) is 10.4. The molecule has 3 rings (SSSR count). The third-order valence-corrected chi connectivity index (χ3v) is 4.26. The summed E-state index contributed by atoms with van der Waals surface area (Å²) in [6.45, 7) is 1.90.